The highest BCUT2D eigenvalue weighted by Gasteiger charge is 2.45. The zero-order valence-corrected chi connectivity index (χ0v) is 10.6. The summed E-state index contributed by atoms with van der Waals surface area (Å²) in [5.74, 6) is 1.40. The Hall–Kier alpha value is -1.33. The fraction of sp³-hybridized carbons (Fsp3) is 0.533. The molecule has 90 valence electrons. The predicted molar refractivity (Wildman–Crippen MR) is 69.2 cm³/mol. The fourth-order valence-corrected chi connectivity index (χ4v) is 2.45. The molecule has 17 heavy (non-hydrogen) atoms. The van der Waals surface area contributed by atoms with E-state index in [1.165, 1.54) is 5.56 Å². The van der Waals surface area contributed by atoms with Gasteiger partial charge in [0.1, 0.15) is 5.54 Å². The van der Waals surface area contributed by atoms with E-state index in [2.05, 4.69) is 37.4 Å². The van der Waals surface area contributed by atoms with Gasteiger partial charge < -0.3 is 0 Å². The van der Waals surface area contributed by atoms with E-state index in [9.17, 15) is 5.26 Å². The first-order valence-electron chi connectivity index (χ1n) is 6.35. The number of nitrogens with one attached hydrogen (secondary N) is 1. The third kappa shape index (κ3) is 2.68. The van der Waals surface area contributed by atoms with E-state index in [0.29, 0.717) is 11.8 Å². The van der Waals surface area contributed by atoms with E-state index in [-0.39, 0.29) is 5.54 Å². The van der Waals surface area contributed by atoms with Gasteiger partial charge >= 0.3 is 0 Å². The number of nitriles is 1. The lowest BCUT2D eigenvalue weighted by molar-refractivity contribution is 0.114. The standard InChI is InChI=1S/C15H20N2/c1-12(2)14-8-15(9-14,11-16)17-10-13-6-4-3-5-7-13/h3-7,12,14,17H,8-10H2,1-2H3. The second-order valence-corrected chi connectivity index (χ2v) is 5.45. The summed E-state index contributed by atoms with van der Waals surface area (Å²) in [6, 6.07) is 12.7. The molecule has 1 aliphatic rings. The third-order valence-electron chi connectivity index (χ3n) is 3.85. The summed E-state index contributed by atoms with van der Waals surface area (Å²) < 4.78 is 0. The van der Waals surface area contributed by atoms with Crippen molar-refractivity contribution in [3.63, 3.8) is 0 Å². The summed E-state index contributed by atoms with van der Waals surface area (Å²) in [5.41, 5.74) is 0.972. The number of nitrogens with zero attached hydrogens (tertiary/aromatic N) is 1. The van der Waals surface area contributed by atoms with Gasteiger partial charge in [-0.15, -0.1) is 0 Å². The van der Waals surface area contributed by atoms with Crippen LogP contribution < -0.4 is 5.32 Å². The van der Waals surface area contributed by atoms with Crippen LogP contribution in [0.5, 0.6) is 0 Å². The predicted octanol–water partition coefficient (Wildman–Crippen LogP) is 3.10. The number of hydrogen-bond acceptors (Lipinski definition) is 2. The average molecular weight is 228 g/mol. The lowest BCUT2D eigenvalue weighted by atomic mass is 9.64. The molecule has 1 saturated carbocycles. The van der Waals surface area contributed by atoms with E-state index in [4.69, 9.17) is 0 Å². The topological polar surface area (TPSA) is 35.8 Å². The van der Waals surface area contributed by atoms with Gasteiger partial charge in [0.2, 0.25) is 0 Å². The molecule has 2 heteroatoms. The van der Waals surface area contributed by atoms with Gasteiger partial charge in [-0.1, -0.05) is 44.2 Å². The van der Waals surface area contributed by atoms with Crippen LogP contribution in [0, 0.1) is 23.2 Å². The van der Waals surface area contributed by atoms with E-state index >= 15 is 0 Å². The third-order valence-corrected chi connectivity index (χ3v) is 3.85. The molecule has 0 spiro atoms. The first-order valence-corrected chi connectivity index (χ1v) is 6.35. The summed E-state index contributed by atoms with van der Waals surface area (Å²) in [6.07, 6.45) is 1.99. The van der Waals surface area contributed by atoms with Crippen LogP contribution in [-0.2, 0) is 6.54 Å². The molecule has 0 unspecified atom stereocenters. The molecule has 2 nitrogen and oxygen atoms in total. The Balaban J connectivity index is 1.89. The SMILES string of the molecule is CC(C)C1CC(C#N)(NCc2ccccc2)C1. The van der Waals surface area contributed by atoms with Crippen molar-refractivity contribution in [3.05, 3.63) is 35.9 Å². The first-order chi connectivity index (χ1) is 8.15. The molecule has 1 aliphatic carbocycles. The second-order valence-electron chi connectivity index (χ2n) is 5.45. The van der Waals surface area contributed by atoms with Gasteiger partial charge in [-0.25, -0.2) is 0 Å². The maximum atomic E-state index is 9.30. The van der Waals surface area contributed by atoms with Crippen LogP contribution in [0.2, 0.25) is 0 Å². The molecule has 0 amide bonds. The Morgan fingerprint density at radius 2 is 2.00 bits per heavy atom. The summed E-state index contributed by atoms with van der Waals surface area (Å²) in [5, 5.41) is 12.7. The monoisotopic (exact) mass is 228 g/mol. The zero-order valence-electron chi connectivity index (χ0n) is 10.6. The Morgan fingerprint density at radius 3 is 2.53 bits per heavy atom. The quantitative estimate of drug-likeness (QED) is 0.859. The molecule has 0 saturated heterocycles. The molecule has 0 aromatic heterocycles. The largest absolute Gasteiger partial charge is 0.295 e. The van der Waals surface area contributed by atoms with Crippen LogP contribution in [0.1, 0.15) is 32.3 Å². The van der Waals surface area contributed by atoms with E-state index in [0.717, 1.165) is 19.4 Å². The summed E-state index contributed by atoms with van der Waals surface area (Å²) >= 11 is 0. The van der Waals surface area contributed by atoms with Crippen LogP contribution in [0.3, 0.4) is 0 Å². The van der Waals surface area contributed by atoms with Gasteiger partial charge in [0.25, 0.3) is 0 Å². The van der Waals surface area contributed by atoms with Crippen molar-refractivity contribution in [2.75, 3.05) is 0 Å². The lowest BCUT2D eigenvalue weighted by Crippen LogP contribution is -2.55. The molecule has 1 fully saturated rings. The zero-order chi connectivity index (χ0) is 12.3. The molecule has 0 radical (unpaired) electrons. The molecule has 0 aliphatic heterocycles. The van der Waals surface area contributed by atoms with Crippen molar-refractivity contribution in [1.29, 1.82) is 5.26 Å². The minimum absolute atomic E-state index is 0.273. The summed E-state index contributed by atoms with van der Waals surface area (Å²) in [6.45, 7) is 5.27. The van der Waals surface area contributed by atoms with Gasteiger partial charge in [-0.2, -0.15) is 5.26 Å². The molecule has 1 N–H and O–H groups in total. The molecular weight excluding hydrogens is 208 g/mol. The van der Waals surface area contributed by atoms with Crippen LogP contribution in [-0.4, -0.2) is 5.54 Å². The first kappa shape index (κ1) is 12.1. The smallest absolute Gasteiger partial charge is 0.107 e. The molecule has 2 rings (SSSR count). The molecule has 0 bridgehead atoms. The Labute approximate surface area is 104 Å². The van der Waals surface area contributed by atoms with Gasteiger partial charge in [0.05, 0.1) is 6.07 Å². The van der Waals surface area contributed by atoms with E-state index in [1.807, 2.05) is 18.2 Å². The van der Waals surface area contributed by atoms with Crippen LogP contribution >= 0.6 is 0 Å². The van der Waals surface area contributed by atoms with Crippen LogP contribution in [0.15, 0.2) is 30.3 Å². The van der Waals surface area contributed by atoms with Gasteiger partial charge in [0, 0.05) is 6.54 Å². The molecule has 0 heterocycles. The van der Waals surface area contributed by atoms with Crippen molar-refractivity contribution in [2.24, 2.45) is 11.8 Å². The Kier molecular flexibility index (Phi) is 3.49. The minimum atomic E-state index is -0.273. The van der Waals surface area contributed by atoms with Crippen molar-refractivity contribution < 1.29 is 0 Å². The molecule has 1 aromatic rings. The van der Waals surface area contributed by atoms with Crippen molar-refractivity contribution in [2.45, 2.75) is 38.8 Å². The normalized spacial score (nSPS) is 27.5. The summed E-state index contributed by atoms with van der Waals surface area (Å²) in [7, 11) is 0. The fourth-order valence-electron chi connectivity index (χ4n) is 2.45. The van der Waals surface area contributed by atoms with Crippen LogP contribution in [0.25, 0.3) is 0 Å². The number of benzene rings is 1. The number of hydrogen-bond donors (Lipinski definition) is 1. The van der Waals surface area contributed by atoms with Crippen LogP contribution in [0.4, 0.5) is 0 Å². The number of rotatable bonds is 4. The lowest BCUT2D eigenvalue weighted by Gasteiger charge is -2.45. The highest BCUT2D eigenvalue weighted by molar-refractivity contribution is 5.19. The minimum Gasteiger partial charge on any atom is -0.295 e. The van der Waals surface area contributed by atoms with Gasteiger partial charge in [-0.3, -0.25) is 5.32 Å². The highest BCUT2D eigenvalue weighted by atomic mass is 15.0. The highest BCUT2D eigenvalue weighted by Crippen LogP contribution is 2.41. The maximum absolute atomic E-state index is 9.30. The van der Waals surface area contributed by atoms with Crippen molar-refractivity contribution in [1.82, 2.24) is 5.32 Å². The summed E-state index contributed by atoms with van der Waals surface area (Å²) in [4.78, 5) is 0. The second kappa shape index (κ2) is 4.89. The molecule has 1 aromatic carbocycles. The van der Waals surface area contributed by atoms with Crippen molar-refractivity contribution in [3.8, 4) is 6.07 Å². The van der Waals surface area contributed by atoms with E-state index in [1.54, 1.807) is 0 Å². The maximum Gasteiger partial charge on any atom is 0.107 e. The van der Waals surface area contributed by atoms with Gasteiger partial charge in [-0.05, 0) is 30.2 Å². The average Bonchev–Trinajstić information content (AvgIpc) is 2.29. The van der Waals surface area contributed by atoms with Crippen molar-refractivity contribution >= 4 is 0 Å². The van der Waals surface area contributed by atoms with Gasteiger partial charge in [0.15, 0.2) is 0 Å². The van der Waals surface area contributed by atoms with E-state index < -0.39 is 0 Å². The Morgan fingerprint density at radius 1 is 1.35 bits per heavy atom. The molecule has 0 atom stereocenters. The molecular formula is C15H20N2. The Bertz CT molecular complexity index is 397.